The van der Waals surface area contributed by atoms with Crippen molar-refractivity contribution in [2.45, 2.75) is 59.5 Å². The minimum Gasteiger partial charge on any atom is -0.395 e. The van der Waals surface area contributed by atoms with E-state index in [1.54, 1.807) is 0 Å². The van der Waals surface area contributed by atoms with Gasteiger partial charge in [-0.3, -0.25) is 0 Å². The van der Waals surface area contributed by atoms with E-state index in [9.17, 15) is 5.11 Å². The van der Waals surface area contributed by atoms with Gasteiger partial charge < -0.3 is 15.3 Å². The average molecular weight is 292 g/mol. The summed E-state index contributed by atoms with van der Waals surface area (Å²) in [5.74, 6) is 0. The van der Waals surface area contributed by atoms with Gasteiger partial charge in [0.25, 0.3) is 0 Å². The van der Waals surface area contributed by atoms with E-state index < -0.39 is 0 Å². The molecular weight excluding hydrogens is 260 g/mol. The third-order valence-electron chi connectivity index (χ3n) is 3.58. The predicted molar refractivity (Wildman–Crippen MR) is 92.0 cm³/mol. The Labute approximate surface area is 130 Å². The SMILES string of the molecule is CCCCN(CCO)c1ccc(CNC(C)(C)C)cc1C. The van der Waals surface area contributed by atoms with Gasteiger partial charge in [0.15, 0.2) is 0 Å². The van der Waals surface area contributed by atoms with E-state index in [2.05, 4.69) is 63.0 Å². The first-order valence-corrected chi connectivity index (χ1v) is 8.07. The van der Waals surface area contributed by atoms with E-state index in [1.165, 1.54) is 23.2 Å². The van der Waals surface area contributed by atoms with Gasteiger partial charge in [-0.05, 0) is 51.3 Å². The molecule has 1 aromatic rings. The van der Waals surface area contributed by atoms with Gasteiger partial charge in [-0.2, -0.15) is 0 Å². The maximum Gasteiger partial charge on any atom is 0.0606 e. The van der Waals surface area contributed by atoms with Crippen molar-refractivity contribution in [2.24, 2.45) is 0 Å². The Balaban J connectivity index is 2.79. The Morgan fingerprint density at radius 2 is 1.90 bits per heavy atom. The molecule has 120 valence electrons. The number of nitrogens with zero attached hydrogens (tertiary/aromatic N) is 1. The number of benzene rings is 1. The number of aryl methyl sites for hydroxylation is 1. The maximum atomic E-state index is 9.26. The number of rotatable bonds is 8. The first-order valence-electron chi connectivity index (χ1n) is 8.07. The molecule has 0 radical (unpaired) electrons. The molecule has 0 unspecified atom stereocenters. The van der Waals surface area contributed by atoms with Crippen LogP contribution in [0.15, 0.2) is 18.2 Å². The second-order valence-electron chi connectivity index (χ2n) is 6.79. The van der Waals surface area contributed by atoms with Crippen molar-refractivity contribution >= 4 is 5.69 Å². The summed E-state index contributed by atoms with van der Waals surface area (Å²) in [6, 6.07) is 6.64. The maximum absolute atomic E-state index is 9.26. The fourth-order valence-electron chi connectivity index (χ4n) is 2.37. The standard InChI is InChI=1S/C18H32N2O/c1-6-7-10-20(11-12-21)17-9-8-16(13-15(17)2)14-19-18(3,4)5/h8-9,13,19,21H,6-7,10-12,14H2,1-5H3. The molecule has 0 atom stereocenters. The Morgan fingerprint density at radius 3 is 2.43 bits per heavy atom. The van der Waals surface area contributed by atoms with Crippen molar-refractivity contribution in [3.05, 3.63) is 29.3 Å². The van der Waals surface area contributed by atoms with Gasteiger partial charge in [-0.25, -0.2) is 0 Å². The van der Waals surface area contributed by atoms with Crippen LogP contribution in [0, 0.1) is 6.92 Å². The third-order valence-corrected chi connectivity index (χ3v) is 3.58. The van der Waals surface area contributed by atoms with Crippen LogP contribution in [0.3, 0.4) is 0 Å². The highest BCUT2D eigenvalue weighted by Gasteiger charge is 2.11. The summed E-state index contributed by atoms with van der Waals surface area (Å²) in [6.45, 7) is 13.7. The summed E-state index contributed by atoms with van der Waals surface area (Å²) in [7, 11) is 0. The summed E-state index contributed by atoms with van der Waals surface area (Å²) in [5, 5.41) is 12.8. The highest BCUT2D eigenvalue weighted by molar-refractivity contribution is 5.54. The van der Waals surface area contributed by atoms with Crippen LogP contribution < -0.4 is 10.2 Å². The molecule has 0 aliphatic rings. The number of nitrogens with one attached hydrogen (secondary N) is 1. The highest BCUT2D eigenvalue weighted by atomic mass is 16.3. The fraction of sp³-hybridized carbons (Fsp3) is 0.667. The molecule has 0 spiro atoms. The Bertz CT molecular complexity index is 424. The zero-order valence-electron chi connectivity index (χ0n) is 14.4. The van der Waals surface area contributed by atoms with Gasteiger partial charge in [0, 0.05) is 30.9 Å². The van der Waals surface area contributed by atoms with Crippen LogP contribution in [0.5, 0.6) is 0 Å². The molecule has 0 saturated heterocycles. The summed E-state index contributed by atoms with van der Waals surface area (Å²) >= 11 is 0. The third kappa shape index (κ3) is 6.49. The van der Waals surface area contributed by atoms with E-state index in [-0.39, 0.29) is 12.1 Å². The van der Waals surface area contributed by atoms with Crippen LogP contribution in [-0.4, -0.2) is 30.3 Å². The first kappa shape index (κ1) is 18.0. The second-order valence-corrected chi connectivity index (χ2v) is 6.79. The lowest BCUT2D eigenvalue weighted by Gasteiger charge is -2.26. The molecular formula is C18H32N2O. The van der Waals surface area contributed by atoms with Gasteiger partial charge in [0.2, 0.25) is 0 Å². The van der Waals surface area contributed by atoms with Crippen LogP contribution in [-0.2, 0) is 6.54 Å². The number of aliphatic hydroxyl groups excluding tert-OH is 1. The lowest BCUT2D eigenvalue weighted by atomic mass is 10.1. The first-order chi connectivity index (χ1) is 9.87. The van der Waals surface area contributed by atoms with Gasteiger partial charge in [0.1, 0.15) is 0 Å². The molecule has 21 heavy (non-hydrogen) atoms. The van der Waals surface area contributed by atoms with Gasteiger partial charge in [0.05, 0.1) is 6.61 Å². The Hall–Kier alpha value is -1.06. The van der Waals surface area contributed by atoms with Crippen LogP contribution in [0.25, 0.3) is 0 Å². The quantitative estimate of drug-likeness (QED) is 0.770. The normalized spacial score (nSPS) is 11.7. The van der Waals surface area contributed by atoms with Gasteiger partial charge in [-0.1, -0.05) is 25.5 Å². The zero-order chi connectivity index (χ0) is 15.9. The topological polar surface area (TPSA) is 35.5 Å². The molecule has 1 aromatic carbocycles. The van der Waals surface area contributed by atoms with Gasteiger partial charge >= 0.3 is 0 Å². The van der Waals surface area contributed by atoms with Crippen molar-refractivity contribution in [3.8, 4) is 0 Å². The van der Waals surface area contributed by atoms with E-state index in [1.807, 2.05) is 0 Å². The monoisotopic (exact) mass is 292 g/mol. The molecule has 0 bridgehead atoms. The minimum atomic E-state index is 0.136. The average Bonchev–Trinajstić information content (AvgIpc) is 2.41. The lowest BCUT2D eigenvalue weighted by molar-refractivity contribution is 0.301. The number of unbranched alkanes of at least 4 members (excludes halogenated alkanes) is 1. The Morgan fingerprint density at radius 1 is 1.19 bits per heavy atom. The molecule has 2 N–H and O–H groups in total. The molecule has 0 aliphatic carbocycles. The molecule has 3 heteroatoms. The molecule has 0 amide bonds. The summed E-state index contributed by atoms with van der Waals surface area (Å²) < 4.78 is 0. The molecule has 0 heterocycles. The van der Waals surface area contributed by atoms with Crippen LogP contribution in [0.1, 0.15) is 51.7 Å². The number of hydrogen-bond donors (Lipinski definition) is 2. The van der Waals surface area contributed by atoms with Crippen molar-refractivity contribution in [1.29, 1.82) is 0 Å². The molecule has 1 rings (SSSR count). The van der Waals surface area contributed by atoms with E-state index in [0.29, 0.717) is 6.54 Å². The van der Waals surface area contributed by atoms with Gasteiger partial charge in [-0.15, -0.1) is 0 Å². The second kappa shape index (κ2) is 8.40. The largest absolute Gasteiger partial charge is 0.395 e. The van der Waals surface area contributed by atoms with Crippen LogP contribution in [0.4, 0.5) is 5.69 Å². The number of aliphatic hydroxyl groups is 1. The zero-order valence-corrected chi connectivity index (χ0v) is 14.4. The smallest absolute Gasteiger partial charge is 0.0606 e. The number of hydrogen-bond acceptors (Lipinski definition) is 3. The van der Waals surface area contributed by atoms with Crippen LogP contribution >= 0.6 is 0 Å². The lowest BCUT2D eigenvalue weighted by Crippen LogP contribution is -2.35. The van der Waals surface area contributed by atoms with Crippen molar-refractivity contribution in [1.82, 2.24) is 5.32 Å². The predicted octanol–water partition coefficient (Wildman–Crippen LogP) is 3.48. The summed E-state index contributed by atoms with van der Waals surface area (Å²) in [5.41, 5.74) is 3.98. The van der Waals surface area contributed by atoms with Crippen molar-refractivity contribution < 1.29 is 5.11 Å². The van der Waals surface area contributed by atoms with Crippen LogP contribution in [0.2, 0.25) is 0 Å². The Kier molecular flexibility index (Phi) is 7.20. The van der Waals surface area contributed by atoms with E-state index in [0.717, 1.165) is 19.5 Å². The highest BCUT2D eigenvalue weighted by Crippen LogP contribution is 2.22. The fourth-order valence-corrected chi connectivity index (χ4v) is 2.37. The molecule has 3 nitrogen and oxygen atoms in total. The van der Waals surface area contributed by atoms with E-state index >= 15 is 0 Å². The summed E-state index contributed by atoms with van der Waals surface area (Å²) in [6.07, 6.45) is 2.33. The summed E-state index contributed by atoms with van der Waals surface area (Å²) in [4.78, 5) is 2.29. The van der Waals surface area contributed by atoms with Crippen molar-refractivity contribution in [2.75, 3.05) is 24.6 Å². The van der Waals surface area contributed by atoms with E-state index in [4.69, 9.17) is 0 Å². The minimum absolute atomic E-state index is 0.136. The number of anilines is 1. The molecule has 0 aliphatic heterocycles. The van der Waals surface area contributed by atoms with Crippen molar-refractivity contribution in [3.63, 3.8) is 0 Å². The molecule has 0 aromatic heterocycles. The molecule has 0 fully saturated rings. The molecule has 0 saturated carbocycles.